The quantitative estimate of drug-likeness (QED) is 0.589. The second-order valence-electron chi connectivity index (χ2n) is 8.07. The van der Waals surface area contributed by atoms with Gasteiger partial charge in [-0.2, -0.15) is 5.10 Å². The molecule has 2 aromatic carbocycles. The van der Waals surface area contributed by atoms with Crippen LogP contribution in [-0.2, 0) is 17.8 Å². The minimum Gasteiger partial charge on any atom is -0.326 e. The number of fused-ring (bicyclic) bond motifs is 1. The average Bonchev–Trinajstić information content (AvgIpc) is 3.14. The van der Waals surface area contributed by atoms with Gasteiger partial charge in [0.1, 0.15) is 5.69 Å². The standard InChI is InChI=1S/C25H24N4O4/c1-16-15-19-5-3-4-6-22(19)29(16)25(33)21-11-12-24(32)28(27-21)14-13-23(31)26-20-9-7-18(8-10-20)17(2)30/h3-12,16H,13-15H2,1-2H3,(H,26,31). The average molecular weight is 444 g/mol. The minimum absolute atomic E-state index is 0.00195. The summed E-state index contributed by atoms with van der Waals surface area (Å²) in [5, 5.41) is 6.96. The molecule has 1 aliphatic rings. The fourth-order valence-electron chi connectivity index (χ4n) is 3.94. The lowest BCUT2D eigenvalue weighted by Gasteiger charge is -2.22. The maximum atomic E-state index is 13.2. The number of aryl methyl sites for hydroxylation is 1. The molecule has 3 aromatic rings. The first-order chi connectivity index (χ1) is 15.8. The van der Waals surface area contributed by atoms with Gasteiger partial charge >= 0.3 is 0 Å². The first-order valence-corrected chi connectivity index (χ1v) is 10.7. The smallest absolute Gasteiger partial charge is 0.278 e. The van der Waals surface area contributed by atoms with Gasteiger partial charge < -0.3 is 10.2 Å². The topological polar surface area (TPSA) is 101 Å². The van der Waals surface area contributed by atoms with Crippen LogP contribution in [0.15, 0.2) is 65.5 Å². The molecule has 2 heterocycles. The number of rotatable bonds is 6. The van der Waals surface area contributed by atoms with Gasteiger partial charge in [-0.25, -0.2) is 4.68 Å². The van der Waals surface area contributed by atoms with Crippen LogP contribution in [0.3, 0.4) is 0 Å². The Kier molecular flexibility index (Phi) is 6.17. The molecular weight excluding hydrogens is 420 g/mol. The highest BCUT2D eigenvalue weighted by Gasteiger charge is 2.32. The fourth-order valence-corrected chi connectivity index (χ4v) is 3.94. The molecule has 0 saturated carbocycles. The summed E-state index contributed by atoms with van der Waals surface area (Å²) in [5.41, 5.74) is 2.82. The number of Topliss-reactive ketones (excluding diaryl/α,β-unsaturated/α-hetero) is 1. The Morgan fingerprint density at radius 1 is 1.03 bits per heavy atom. The fraction of sp³-hybridized carbons (Fsp3) is 0.240. The van der Waals surface area contributed by atoms with Crippen molar-refractivity contribution in [1.82, 2.24) is 9.78 Å². The Morgan fingerprint density at radius 3 is 2.48 bits per heavy atom. The van der Waals surface area contributed by atoms with E-state index in [9.17, 15) is 19.2 Å². The second kappa shape index (κ2) is 9.20. The first kappa shape index (κ1) is 22.1. The van der Waals surface area contributed by atoms with Crippen LogP contribution >= 0.6 is 0 Å². The summed E-state index contributed by atoms with van der Waals surface area (Å²) >= 11 is 0. The van der Waals surface area contributed by atoms with Crippen molar-refractivity contribution in [3.8, 4) is 0 Å². The zero-order valence-corrected chi connectivity index (χ0v) is 18.4. The van der Waals surface area contributed by atoms with Gasteiger partial charge in [0.25, 0.3) is 11.5 Å². The molecule has 2 amide bonds. The Hall–Kier alpha value is -4.07. The first-order valence-electron chi connectivity index (χ1n) is 10.7. The molecule has 4 rings (SSSR count). The van der Waals surface area contributed by atoms with Crippen molar-refractivity contribution in [2.45, 2.75) is 39.3 Å². The van der Waals surface area contributed by atoms with Crippen LogP contribution in [0, 0.1) is 0 Å². The Labute approximate surface area is 190 Å². The van der Waals surface area contributed by atoms with Crippen LogP contribution in [0.4, 0.5) is 11.4 Å². The van der Waals surface area contributed by atoms with Gasteiger partial charge in [-0.3, -0.25) is 19.2 Å². The molecule has 0 fully saturated rings. The van der Waals surface area contributed by atoms with Crippen molar-refractivity contribution >= 4 is 29.0 Å². The van der Waals surface area contributed by atoms with Crippen molar-refractivity contribution in [2.24, 2.45) is 0 Å². The summed E-state index contributed by atoms with van der Waals surface area (Å²) in [4.78, 5) is 50.8. The molecular formula is C25H24N4O4. The molecule has 1 unspecified atom stereocenters. The molecule has 1 N–H and O–H groups in total. The van der Waals surface area contributed by atoms with Gasteiger partial charge in [-0.15, -0.1) is 0 Å². The van der Waals surface area contributed by atoms with E-state index in [2.05, 4.69) is 10.4 Å². The van der Waals surface area contributed by atoms with E-state index in [0.29, 0.717) is 11.3 Å². The number of amides is 2. The molecule has 0 bridgehead atoms. The SMILES string of the molecule is CC(=O)c1ccc(NC(=O)CCn2nc(C(=O)N3c4ccccc4CC3C)ccc2=O)cc1. The largest absolute Gasteiger partial charge is 0.326 e. The third-order valence-corrected chi connectivity index (χ3v) is 5.64. The van der Waals surface area contributed by atoms with E-state index in [0.717, 1.165) is 22.4 Å². The van der Waals surface area contributed by atoms with Gasteiger partial charge in [0.2, 0.25) is 5.91 Å². The van der Waals surface area contributed by atoms with Crippen molar-refractivity contribution < 1.29 is 14.4 Å². The number of nitrogens with zero attached hydrogens (tertiary/aromatic N) is 3. The molecule has 1 aromatic heterocycles. The highest BCUT2D eigenvalue weighted by atomic mass is 16.2. The van der Waals surface area contributed by atoms with E-state index in [1.165, 1.54) is 19.1 Å². The van der Waals surface area contributed by atoms with Gasteiger partial charge in [0.15, 0.2) is 5.78 Å². The molecule has 0 radical (unpaired) electrons. The molecule has 0 aliphatic carbocycles. The van der Waals surface area contributed by atoms with E-state index >= 15 is 0 Å². The maximum absolute atomic E-state index is 13.2. The van der Waals surface area contributed by atoms with Crippen LogP contribution < -0.4 is 15.8 Å². The lowest BCUT2D eigenvalue weighted by atomic mass is 10.1. The third kappa shape index (κ3) is 4.74. The van der Waals surface area contributed by atoms with Crippen LogP contribution in [0.1, 0.15) is 46.7 Å². The van der Waals surface area contributed by atoms with Gasteiger partial charge in [-0.1, -0.05) is 18.2 Å². The number of aromatic nitrogens is 2. The highest BCUT2D eigenvalue weighted by molar-refractivity contribution is 6.06. The Bertz CT molecular complexity index is 1280. The highest BCUT2D eigenvalue weighted by Crippen LogP contribution is 2.32. The summed E-state index contributed by atoms with van der Waals surface area (Å²) in [6.45, 7) is 3.48. The predicted octanol–water partition coefficient (Wildman–Crippen LogP) is 3.07. The molecule has 168 valence electrons. The third-order valence-electron chi connectivity index (χ3n) is 5.64. The Balaban J connectivity index is 1.44. The number of benzene rings is 2. The molecule has 0 spiro atoms. The second-order valence-corrected chi connectivity index (χ2v) is 8.07. The number of hydrogen-bond acceptors (Lipinski definition) is 5. The number of nitrogens with one attached hydrogen (secondary N) is 1. The molecule has 8 heteroatoms. The number of carbonyl (C=O) groups excluding carboxylic acids is 3. The molecule has 33 heavy (non-hydrogen) atoms. The number of hydrogen-bond donors (Lipinski definition) is 1. The Morgan fingerprint density at radius 2 is 1.76 bits per heavy atom. The van der Waals surface area contributed by atoms with Gasteiger partial charge in [-0.05, 0) is 62.2 Å². The minimum atomic E-state index is -0.389. The van der Waals surface area contributed by atoms with Crippen LogP contribution in [-0.4, -0.2) is 33.4 Å². The number of carbonyl (C=O) groups is 3. The van der Waals surface area contributed by atoms with Gasteiger partial charge in [0.05, 0.1) is 6.54 Å². The van der Waals surface area contributed by atoms with E-state index in [-0.39, 0.29) is 47.9 Å². The van der Waals surface area contributed by atoms with Crippen molar-refractivity contribution in [1.29, 1.82) is 0 Å². The predicted molar refractivity (Wildman–Crippen MR) is 125 cm³/mol. The monoisotopic (exact) mass is 444 g/mol. The van der Waals surface area contributed by atoms with E-state index < -0.39 is 0 Å². The number of anilines is 2. The summed E-state index contributed by atoms with van der Waals surface area (Å²) in [7, 11) is 0. The van der Waals surface area contributed by atoms with E-state index in [1.54, 1.807) is 29.2 Å². The van der Waals surface area contributed by atoms with Crippen LogP contribution in [0.5, 0.6) is 0 Å². The molecule has 8 nitrogen and oxygen atoms in total. The maximum Gasteiger partial charge on any atom is 0.278 e. The summed E-state index contributed by atoms with van der Waals surface area (Å²) < 4.78 is 1.14. The normalized spacial score (nSPS) is 14.6. The van der Waals surface area contributed by atoms with Crippen molar-refractivity contribution in [3.63, 3.8) is 0 Å². The zero-order valence-electron chi connectivity index (χ0n) is 18.4. The molecule has 1 aliphatic heterocycles. The zero-order chi connectivity index (χ0) is 23.5. The van der Waals surface area contributed by atoms with E-state index in [4.69, 9.17) is 0 Å². The van der Waals surface area contributed by atoms with E-state index in [1.807, 2.05) is 31.2 Å². The summed E-state index contributed by atoms with van der Waals surface area (Å²) in [6.07, 6.45) is 0.761. The van der Waals surface area contributed by atoms with Crippen LogP contribution in [0.25, 0.3) is 0 Å². The molecule has 0 saturated heterocycles. The van der Waals surface area contributed by atoms with Crippen molar-refractivity contribution in [2.75, 3.05) is 10.2 Å². The van der Waals surface area contributed by atoms with Crippen molar-refractivity contribution in [3.05, 3.63) is 87.8 Å². The van der Waals surface area contributed by atoms with Crippen LogP contribution in [0.2, 0.25) is 0 Å². The lowest BCUT2D eigenvalue weighted by molar-refractivity contribution is -0.116. The lowest BCUT2D eigenvalue weighted by Crippen LogP contribution is -2.37. The summed E-state index contributed by atoms with van der Waals surface area (Å²) in [6, 6.07) is 17.0. The number of ketones is 1. The molecule has 1 atom stereocenters. The number of para-hydroxylation sites is 1. The summed E-state index contributed by atoms with van der Waals surface area (Å²) in [5.74, 6) is -0.645. The van der Waals surface area contributed by atoms with Gasteiger partial charge in [0, 0.05) is 35.5 Å².